The van der Waals surface area contributed by atoms with E-state index in [0.717, 1.165) is 64.2 Å². The second-order valence-corrected chi connectivity index (χ2v) is 25.6. The minimum absolute atomic E-state index is 0.0661. The Morgan fingerprint density at radius 3 is 0.671 bits per heavy atom. The van der Waals surface area contributed by atoms with Crippen LogP contribution in [0.25, 0.3) is 0 Å². The summed E-state index contributed by atoms with van der Waals surface area (Å²) in [5, 5.41) is 0. The Hall–Kier alpha value is -2.11. The third-order valence-electron chi connectivity index (χ3n) is 17.2. The summed E-state index contributed by atoms with van der Waals surface area (Å²) in [6.45, 7) is 6.72. The van der Waals surface area contributed by atoms with E-state index < -0.39 is 6.10 Å². The highest BCUT2D eigenvalue weighted by Crippen LogP contribution is 2.19. The smallest absolute Gasteiger partial charge is 0.306 e. The molecule has 484 valence electrons. The lowest BCUT2D eigenvalue weighted by molar-refractivity contribution is -0.167. The van der Waals surface area contributed by atoms with Crippen molar-refractivity contribution in [2.24, 2.45) is 0 Å². The second kappa shape index (κ2) is 71.4. The van der Waals surface area contributed by atoms with E-state index in [1.807, 2.05) is 0 Å². The van der Waals surface area contributed by atoms with E-state index in [0.29, 0.717) is 19.3 Å². The molecular weight excluding hydrogens is 1010 g/mol. The van der Waals surface area contributed by atoms with Crippen LogP contribution in [0.3, 0.4) is 0 Å². The maximum absolute atomic E-state index is 13.0. The van der Waals surface area contributed by atoms with Crippen molar-refractivity contribution in [3.05, 3.63) is 24.3 Å². The molecule has 0 bridgehead atoms. The summed E-state index contributed by atoms with van der Waals surface area (Å²) in [6.07, 6.45) is 87.9. The fraction of sp³-hybridized carbons (Fsp3) is 0.908. The van der Waals surface area contributed by atoms with Gasteiger partial charge in [-0.3, -0.25) is 14.4 Å². The van der Waals surface area contributed by atoms with Crippen LogP contribution in [-0.2, 0) is 28.6 Å². The predicted molar refractivity (Wildman–Crippen MR) is 358 cm³/mol. The number of esters is 3. The summed E-state index contributed by atoms with van der Waals surface area (Å²) in [5.74, 6) is -0.834. The Kier molecular flexibility index (Phi) is 69.5. The molecule has 0 aromatic carbocycles. The van der Waals surface area contributed by atoms with Crippen LogP contribution in [0.1, 0.15) is 425 Å². The first-order valence-corrected chi connectivity index (χ1v) is 37.3. The van der Waals surface area contributed by atoms with Gasteiger partial charge >= 0.3 is 17.9 Å². The number of carbonyl (C=O) groups is 3. The number of hydrogen-bond acceptors (Lipinski definition) is 6. The molecule has 6 heteroatoms. The monoisotopic (exact) mass is 1150 g/mol. The molecule has 0 aliphatic heterocycles. The summed E-state index contributed by atoms with van der Waals surface area (Å²) in [5.41, 5.74) is 0. The zero-order valence-corrected chi connectivity index (χ0v) is 55.8. The Morgan fingerprint density at radius 1 is 0.244 bits per heavy atom. The maximum Gasteiger partial charge on any atom is 0.306 e. The van der Waals surface area contributed by atoms with Crippen molar-refractivity contribution < 1.29 is 28.6 Å². The zero-order valence-electron chi connectivity index (χ0n) is 55.8. The van der Waals surface area contributed by atoms with Gasteiger partial charge in [-0.1, -0.05) is 379 Å². The molecule has 0 aromatic heterocycles. The molecule has 0 heterocycles. The SMILES string of the molecule is CCCCCCC/C=C\C/C=C\CCCCCCCCCCCC(=O)OC(COC(=O)CCCCCCCCCCCCCCCCCC)COC(=O)CCCCCCCCCCCCCCCCCCCCCCCCCCCCC. The summed E-state index contributed by atoms with van der Waals surface area (Å²) >= 11 is 0. The molecule has 0 amide bonds. The van der Waals surface area contributed by atoms with E-state index in [9.17, 15) is 14.4 Å². The van der Waals surface area contributed by atoms with Crippen molar-refractivity contribution in [3.63, 3.8) is 0 Å². The molecular formula is C76H144O6. The van der Waals surface area contributed by atoms with Crippen LogP contribution in [-0.4, -0.2) is 37.2 Å². The Balaban J connectivity index is 4.24. The van der Waals surface area contributed by atoms with E-state index in [4.69, 9.17) is 14.2 Å². The Bertz CT molecular complexity index is 1320. The highest BCUT2D eigenvalue weighted by atomic mass is 16.6. The number of allylic oxidation sites excluding steroid dienone is 4. The molecule has 0 spiro atoms. The van der Waals surface area contributed by atoms with Crippen molar-refractivity contribution in [1.82, 2.24) is 0 Å². The van der Waals surface area contributed by atoms with Crippen LogP contribution in [0.4, 0.5) is 0 Å². The van der Waals surface area contributed by atoms with Gasteiger partial charge in [0.25, 0.3) is 0 Å². The molecule has 6 nitrogen and oxygen atoms in total. The third-order valence-corrected chi connectivity index (χ3v) is 17.2. The van der Waals surface area contributed by atoms with Crippen LogP contribution >= 0.6 is 0 Å². The largest absolute Gasteiger partial charge is 0.462 e. The van der Waals surface area contributed by atoms with Crippen molar-refractivity contribution in [2.45, 2.75) is 431 Å². The normalized spacial score (nSPS) is 12.1. The average molecular weight is 1150 g/mol. The zero-order chi connectivity index (χ0) is 59.2. The quantitative estimate of drug-likeness (QED) is 0.0261. The lowest BCUT2D eigenvalue weighted by Crippen LogP contribution is -2.30. The molecule has 0 aliphatic rings. The van der Waals surface area contributed by atoms with Gasteiger partial charge in [-0.25, -0.2) is 0 Å². The van der Waals surface area contributed by atoms with Crippen molar-refractivity contribution in [3.8, 4) is 0 Å². The lowest BCUT2D eigenvalue weighted by Gasteiger charge is -2.18. The second-order valence-electron chi connectivity index (χ2n) is 25.6. The van der Waals surface area contributed by atoms with E-state index in [2.05, 4.69) is 45.1 Å². The summed E-state index contributed by atoms with van der Waals surface area (Å²) in [7, 11) is 0. The van der Waals surface area contributed by atoms with E-state index in [1.54, 1.807) is 0 Å². The number of hydrogen-bond donors (Lipinski definition) is 0. The number of unbranched alkanes of at least 4 members (excludes halogenated alkanes) is 55. The van der Waals surface area contributed by atoms with Gasteiger partial charge in [0.2, 0.25) is 0 Å². The Morgan fingerprint density at radius 2 is 0.439 bits per heavy atom. The third kappa shape index (κ3) is 68.7. The minimum Gasteiger partial charge on any atom is -0.462 e. The van der Waals surface area contributed by atoms with Gasteiger partial charge in [0.1, 0.15) is 13.2 Å². The highest BCUT2D eigenvalue weighted by Gasteiger charge is 2.20. The molecule has 1 unspecified atom stereocenters. The van der Waals surface area contributed by atoms with Crippen LogP contribution in [0.5, 0.6) is 0 Å². The molecule has 0 aliphatic carbocycles. The number of ether oxygens (including phenoxy) is 3. The molecule has 82 heavy (non-hydrogen) atoms. The molecule has 0 fully saturated rings. The van der Waals surface area contributed by atoms with E-state index >= 15 is 0 Å². The lowest BCUT2D eigenvalue weighted by atomic mass is 10.0. The summed E-state index contributed by atoms with van der Waals surface area (Å²) in [6, 6.07) is 0. The molecule has 0 radical (unpaired) electrons. The number of carbonyl (C=O) groups excluding carboxylic acids is 3. The molecule has 0 saturated heterocycles. The predicted octanol–water partition coefficient (Wildman–Crippen LogP) is 25.7. The van der Waals surface area contributed by atoms with Gasteiger partial charge in [-0.05, 0) is 51.4 Å². The van der Waals surface area contributed by atoms with Crippen LogP contribution in [0.2, 0.25) is 0 Å². The van der Waals surface area contributed by atoms with Gasteiger partial charge in [0.05, 0.1) is 0 Å². The van der Waals surface area contributed by atoms with E-state index in [1.165, 1.54) is 321 Å². The molecule has 0 rings (SSSR count). The number of rotatable bonds is 70. The topological polar surface area (TPSA) is 78.9 Å². The molecule has 0 saturated carbocycles. The first-order chi connectivity index (χ1) is 40.5. The average Bonchev–Trinajstić information content (AvgIpc) is 3.48. The van der Waals surface area contributed by atoms with Crippen molar-refractivity contribution in [1.29, 1.82) is 0 Å². The standard InChI is InChI=1S/C76H144O6/c1-4-7-10-13-16-19-22-25-28-31-33-35-36-37-38-39-40-42-43-45-48-51-54-57-60-63-66-69-75(78)81-72-73(71-80-74(77)68-65-62-59-56-53-50-47-30-27-24-21-18-15-12-9-6-3)82-76(79)70-67-64-61-58-55-52-49-46-44-41-34-32-29-26-23-20-17-14-11-8-5-2/h23,26,32,34,73H,4-22,24-25,27-31,33,35-72H2,1-3H3/b26-23-,34-32-. The molecule has 1 atom stereocenters. The van der Waals surface area contributed by atoms with Gasteiger partial charge in [-0.15, -0.1) is 0 Å². The molecule has 0 aromatic rings. The Labute approximate surface area is 513 Å². The van der Waals surface area contributed by atoms with Crippen molar-refractivity contribution in [2.75, 3.05) is 13.2 Å². The van der Waals surface area contributed by atoms with Gasteiger partial charge in [0.15, 0.2) is 6.10 Å². The summed E-state index contributed by atoms with van der Waals surface area (Å²) < 4.78 is 17.0. The van der Waals surface area contributed by atoms with Crippen LogP contribution in [0, 0.1) is 0 Å². The van der Waals surface area contributed by atoms with Crippen LogP contribution in [0.15, 0.2) is 24.3 Å². The molecule has 0 N–H and O–H groups in total. The van der Waals surface area contributed by atoms with Crippen molar-refractivity contribution >= 4 is 17.9 Å². The first-order valence-electron chi connectivity index (χ1n) is 37.3. The van der Waals surface area contributed by atoms with Gasteiger partial charge < -0.3 is 14.2 Å². The van der Waals surface area contributed by atoms with Gasteiger partial charge in [0, 0.05) is 19.3 Å². The minimum atomic E-state index is -0.771. The fourth-order valence-corrected chi connectivity index (χ4v) is 11.6. The van der Waals surface area contributed by atoms with Gasteiger partial charge in [-0.2, -0.15) is 0 Å². The highest BCUT2D eigenvalue weighted by molar-refractivity contribution is 5.71. The van der Waals surface area contributed by atoms with E-state index in [-0.39, 0.29) is 31.1 Å². The summed E-state index contributed by atoms with van der Waals surface area (Å²) in [4.78, 5) is 38.5. The van der Waals surface area contributed by atoms with Crippen LogP contribution < -0.4 is 0 Å². The first kappa shape index (κ1) is 79.9. The maximum atomic E-state index is 13.0. The fourth-order valence-electron chi connectivity index (χ4n) is 11.6.